The van der Waals surface area contributed by atoms with E-state index in [1.165, 1.54) is 0 Å². The predicted molar refractivity (Wildman–Crippen MR) is 55.8 cm³/mol. The average Bonchev–Trinajstić information content (AvgIpc) is 2.21. The number of hydrogen-bond acceptors (Lipinski definition) is 2. The minimum atomic E-state index is 0.538. The molecular formula is C10H10N4. The van der Waals surface area contributed by atoms with E-state index in [1.807, 2.05) is 12.1 Å². The molecule has 4 nitrogen and oxygen atoms in total. The molecule has 0 atom stereocenters. The molecule has 70 valence electrons. The van der Waals surface area contributed by atoms with Gasteiger partial charge in [0.25, 0.3) is 0 Å². The van der Waals surface area contributed by atoms with Gasteiger partial charge in [0.2, 0.25) is 0 Å². The lowest BCUT2D eigenvalue weighted by Crippen LogP contribution is -1.95. The molecule has 2 N–H and O–H groups in total. The number of nitrogens with two attached hydrogens (primary N) is 1. The Morgan fingerprint density at radius 1 is 1.43 bits per heavy atom. The lowest BCUT2D eigenvalue weighted by Gasteiger charge is -1.94. The molecule has 1 rings (SSSR count). The van der Waals surface area contributed by atoms with E-state index in [9.17, 15) is 0 Å². The van der Waals surface area contributed by atoms with Crippen molar-refractivity contribution in [2.75, 3.05) is 6.54 Å². The minimum absolute atomic E-state index is 0.538. The largest absolute Gasteiger partial charge is 0.330 e. The molecule has 0 spiro atoms. The molecule has 0 saturated heterocycles. The molecule has 0 radical (unpaired) electrons. The summed E-state index contributed by atoms with van der Waals surface area (Å²) in [5.74, 6) is 5.80. The summed E-state index contributed by atoms with van der Waals surface area (Å²) < 4.78 is 0. The van der Waals surface area contributed by atoms with Crippen LogP contribution in [-0.4, -0.2) is 6.54 Å². The molecule has 0 bridgehead atoms. The van der Waals surface area contributed by atoms with Crippen molar-refractivity contribution < 1.29 is 0 Å². The fourth-order valence-electron chi connectivity index (χ4n) is 0.945. The Morgan fingerprint density at radius 2 is 2.21 bits per heavy atom. The zero-order valence-electron chi connectivity index (χ0n) is 7.64. The van der Waals surface area contributed by atoms with Crippen LogP contribution in [0, 0.1) is 11.8 Å². The number of benzene rings is 1. The van der Waals surface area contributed by atoms with E-state index in [0.29, 0.717) is 18.7 Å². The molecule has 0 saturated carbocycles. The van der Waals surface area contributed by atoms with Crippen molar-refractivity contribution in [3.8, 4) is 11.8 Å². The Bertz CT molecular complexity index is 408. The first-order valence-corrected chi connectivity index (χ1v) is 4.21. The van der Waals surface area contributed by atoms with Crippen LogP contribution in [0.4, 0.5) is 5.69 Å². The lowest BCUT2D eigenvalue weighted by molar-refractivity contribution is 1.03. The van der Waals surface area contributed by atoms with Gasteiger partial charge in [0.1, 0.15) is 0 Å². The Morgan fingerprint density at radius 3 is 2.93 bits per heavy atom. The first-order chi connectivity index (χ1) is 6.88. The second kappa shape index (κ2) is 5.65. The van der Waals surface area contributed by atoms with Crippen LogP contribution >= 0.6 is 0 Å². The second-order valence-electron chi connectivity index (χ2n) is 2.55. The Hall–Kier alpha value is -1.95. The summed E-state index contributed by atoms with van der Waals surface area (Å²) in [6, 6.07) is 7.20. The van der Waals surface area contributed by atoms with E-state index in [1.54, 1.807) is 12.1 Å². The maximum Gasteiger partial charge on any atom is 0.0531 e. The fraction of sp³-hybridized carbons (Fsp3) is 0.200. The molecule has 0 fully saturated rings. The van der Waals surface area contributed by atoms with Crippen molar-refractivity contribution in [3.63, 3.8) is 0 Å². The molecule has 0 aliphatic heterocycles. The first kappa shape index (κ1) is 10.1. The highest BCUT2D eigenvalue weighted by Gasteiger charge is 1.93. The third kappa shape index (κ3) is 2.83. The number of hydrogen-bond donors (Lipinski definition) is 1. The molecule has 0 aromatic heterocycles. The topological polar surface area (TPSA) is 74.8 Å². The van der Waals surface area contributed by atoms with Gasteiger partial charge in [-0.15, -0.1) is 0 Å². The highest BCUT2D eigenvalue weighted by atomic mass is 15.1. The monoisotopic (exact) mass is 186 g/mol. The summed E-state index contributed by atoms with van der Waals surface area (Å²) in [6.07, 6.45) is 0.643. The van der Waals surface area contributed by atoms with Gasteiger partial charge in [0.15, 0.2) is 0 Å². The van der Waals surface area contributed by atoms with Gasteiger partial charge >= 0.3 is 0 Å². The van der Waals surface area contributed by atoms with Crippen LogP contribution in [0.1, 0.15) is 12.0 Å². The van der Waals surface area contributed by atoms with Crippen LogP contribution in [-0.2, 0) is 0 Å². The molecule has 0 amide bonds. The molecule has 0 aliphatic rings. The van der Waals surface area contributed by atoms with Gasteiger partial charge in [-0.05, 0) is 11.6 Å². The molecule has 0 unspecified atom stereocenters. The van der Waals surface area contributed by atoms with Crippen LogP contribution in [0.2, 0.25) is 0 Å². The van der Waals surface area contributed by atoms with Gasteiger partial charge in [-0.2, -0.15) is 0 Å². The summed E-state index contributed by atoms with van der Waals surface area (Å²) in [7, 11) is 0. The first-order valence-electron chi connectivity index (χ1n) is 4.21. The normalized spacial score (nSPS) is 8.36. The van der Waals surface area contributed by atoms with Gasteiger partial charge in [0.05, 0.1) is 5.69 Å². The van der Waals surface area contributed by atoms with E-state index in [2.05, 4.69) is 21.9 Å². The smallest absolute Gasteiger partial charge is 0.0531 e. The summed E-state index contributed by atoms with van der Waals surface area (Å²) in [6.45, 7) is 0.538. The highest BCUT2D eigenvalue weighted by Crippen LogP contribution is 2.17. The molecular weight excluding hydrogens is 176 g/mol. The van der Waals surface area contributed by atoms with E-state index in [4.69, 9.17) is 11.3 Å². The summed E-state index contributed by atoms with van der Waals surface area (Å²) in [4.78, 5) is 2.73. The maximum absolute atomic E-state index is 8.31. The second-order valence-corrected chi connectivity index (χ2v) is 2.55. The van der Waals surface area contributed by atoms with E-state index in [-0.39, 0.29) is 0 Å². The predicted octanol–water partition coefficient (Wildman–Crippen LogP) is 2.33. The van der Waals surface area contributed by atoms with Gasteiger partial charge in [-0.25, -0.2) is 0 Å². The van der Waals surface area contributed by atoms with E-state index in [0.717, 1.165) is 5.56 Å². The van der Waals surface area contributed by atoms with Crippen molar-refractivity contribution in [1.82, 2.24) is 0 Å². The van der Waals surface area contributed by atoms with Crippen molar-refractivity contribution in [2.45, 2.75) is 6.42 Å². The number of rotatable bonds is 2. The minimum Gasteiger partial charge on any atom is -0.330 e. The van der Waals surface area contributed by atoms with E-state index < -0.39 is 0 Å². The summed E-state index contributed by atoms with van der Waals surface area (Å²) in [5.41, 5.74) is 14.9. The number of azide groups is 1. The van der Waals surface area contributed by atoms with Crippen molar-refractivity contribution in [2.24, 2.45) is 10.8 Å². The molecule has 0 heterocycles. The van der Waals surface area contributed by atoms with Gasteiger partial charge in [0, 0.05) is 23.4 Å². The fourth-order valence-corrected chi connectivity index (χ4v) is 0.945. The molecule has 14 heavy (non-hydrogen) atoms. The molecule has 4 heteroatoms. The molecule has 0 aliphatic carbocycles. The quantitative estimate of drug-likeness (QED) is 0.327. The van der Waals surface area contributed by atoms with Crippen LogP contribution in [0.15, 0.2) is 29.4 Å². The standard InChI is InChI=1S/C10H10N4/c11-8-4-3-6-9-5-1-2-7-10(9)13-14-12/h1-2,5,7H,4,8,11H2. The van der Waals surface area contributed by atoms with Crippen LogP contribution in [0.25, 0.3) is 10.4 Å². The Balaban J connectivity index is 2.97. The number of nitrogens with zero attached hydrogens (tertiary/aromatic N) is 3. The van der Waals surface area contributed by atoms with Crippen LogP contribution in [0.5, 0.6) is 0 Å². The summed E-state index contributed by atoms with van der Waals surface area (Å²) >= 11 is 0. The Labute approximate surface area is 82.4 Å². The zero-order chi connectivity index (χ0) is 10.2. The van der Waals surface area contributed by atoms with Gasteiger partial charge in [-0.1, -0.05) is 35.2 Å². The van der Waals surface area contributed by atoms with Crippen molar-refractivity contribution >= 4 is 5.69 Å². The lowest BCUT2D eigenvalue weighted by atomic mass is 10.2. The van der Waals surface area contributed by atoms with Gasteiger partial charge < -0.3 is 5.73 Å². The zero-order valence-corrected chi connectivity index (χ0v) is 7.64. The SMILES string of the molecule is [N-]=[N+]=Nc1ccccc1C#CCCN. The molecule has 1 aromatic rings. The van der Waals surface area contributed by atoms with Gasteiger partial charge in [-0.3, -0.25) is 0 Å². The third-order valence-corrected chi connectivity index (χ3v) is 1.55. The van der Waals surface area contributed by atoms with E-state index >= 15 is 0 Å². The van der Waals surface area contributed by atoms with Crippen molar-refractivity contribution in [1.29, 1.82) is 0 Å². The Kier molecular flexibility index (Phi) is 4.09. The molecule has 1 aromatic carbocycles. The summed E-state index contributed by atoms with van der Waals surface area (Å²) in [5, 5.41) is 3.53. The van der Waals surface area contributed by atoms with Crippen LogP contribution < -0.4 is 5.73 Å². The third-order valence-electron chi connectivity index (χ3n) is 1.55. The maximum atomic E-state index is 8.31. The highest BCUT2D eigenvalue weighted by molar-refractivity contribution is 5.54. The average molecular weight is 186 g/mol. The van der Waals surface area contributed by atoms with Crippen LogP contribution in [0.3, 0.4) is 0 Å². The van der Waals surface area contributed by atoms with Crippen molar-refractivity contribution in [3.05, 3.63) is 40.3 Å².